The highest BCUT2D eigenvalue weighted by Crippen LogP contribution is 2.30. The van der Waals surface area contributed by atoms with Crippen LogP contribution in [0.2, 0.25) is 0 Å². The molecular formula is C16H20N4O3S. The number of anilines is 1. The average molecular weight is 348 g/mol. The first-order valence-corrected chi connectivity index (χ1v) is 8.90. The second kappa shape index (κ2) is 7.12. The molecule has 1 saturated heterocycles. The van der Waals surface area contributed by atoms with Crippen LogP contribution in [0.25, 0.3) is 10.2 Å². The van der Waals surface area contributed by atoms with E-state index < -0.39 is 11.9 Å². The molecule has 8 heteroatoms. The minimum absolute atomic E-state index is 0.210. The van der Waals surface area contributed by atoms with Gasteiger partial charge in [-0.2, -0.15) is 0 Å². The molecule has 1 aliphatic rings. The highest BCUT2D eigenvalue weighted by Gasteiger charge is 2.28. The van der Waals surface area contributed by atoms with E-state index >= 15 is 0 Å². The first kappa shape index (κ1) is 16.6. The molecule has 2 aromatic heterocycles. The number of amides is 1. The number of hydrogen-bond donors (Lipinski definition) is 0. The normalized spacial score (nSPS) is 14.9. The largest absolute Gasteiger partial charge is 0.459 e. The van der Waals surface area contributed by atoms with Crippen molar-refractivity contribution in [3.63, 3.8) is 0 Å². The van der Waals surface area contributed by atoms with E-state index in [0.717, 1.165) is 22.5 Å². The van der Waals surface area contributed by atoms with Gasteiger partial charge in [0, 0.05) is 31.1 Å². The van der Waals surface area contributed by atoms with Crippen molar-refractivity contribution >= 4 is 39.2 Å². The Balaban J connectivity index is 1.72. The molecule has 0 spiro atoms. The molecule has 2 aromatic rings. The van der Waals surface area contributed by atoms with Crippen molar-refractivity contribution in [3.8, 4) is 0 Å². The SMILES string of the molecule is CCOC(=O)C(=O)N1CCN(c2ncnc3sc(CC)cc23)CC1. The molecule has 3 heterocycles. The molecule has 1 amide bonds. The van der Waals surface area contributed by atoms with Crippen LogP contribution in [-0.4, -0.2) is 59.5 Å². The fourth-order valence-electron chi connectivity index (χ4n) is 2.76. The number of piperazine rings is 1. The van der Waals surface area contributed by atoms with Crippen LogP contribution >= 0.6 is 11.3 Å². The minimum atomic E-state index is -0.777. The monoisotopic (exact) mass is 348 g/mol. The number of rotatable bonds is 3. The van der Waals surface area contributed by atoms with Gasteiger partial charge in [-0.25, -0.2) is 14.8 Å². The highest BCUT2D eigenvalue weighted by atomic mass is 32.1. The maximum absolute atomic E-state index is 12.0. The maximum atomic E-state index is 12.0. The average Bonchev–Trinajstić information content (AvgIpc) is 3.05. The number of fused-ring (bicyclic) bond motifs is 1. The van der Waals surface area contributed by atoms with E-state index in [1.54, 1.807) is 24.6 Å². The molecule has 7 nitrogen and oxygen atoms in total. The highest BCUT2D eigenvalue weighted by molar-refractivity contribution is 7.18. The van der Waals surface area contributed by atoms with Crippen molar-refractivity contribution in [1.82, 2.24) is 14.9 Å². The Morgan fingerprint density at radius 1 is 1.21 bits per heavy atom. The van der Waals surface area contributed by atoms with E-state index in [-0.39, 0.29) is 6.61 Å². The van der Waals surface area contributed by atoms with Gasteiger partial charge in [0.05, 0.1) is 12.0 Å². The van der Waals surface area contributed by atoms with Crippen LogP contribution in [0.15, 0.2) is 12.4 Å². The molecule has 24 heavy (non-hydrogen) atoms. The van der Waals surface area contributed by atoms with Crippen molar-refractivity contribution in [1.29, 1.82) is 0 Å². The molecule has 1 aliphatic heterocycles. The van der Waals surface area contributed by atoms with Crippen LogP contribution in [-0.2, 0) is 20.7 Å². The second-order valence-corrected chi connectivity index (χ2v) is 6.60. The summed E-state index contributed by atoms with van der Waals surface area (Å²) in [5, 5.41) is 1.06. The lowest BCUT2D eigenvalue weighted by atomic mass is 10.2. The lowest BCUT2D eigenvalue weighted by Gasteiger charge is -2.34. The zero-order valence-electron chi connectivity index (χ0n) is 13.8. The summed E-state index contributed by atoms with van der Waals surface area (Å²) in [6.45, 7) is 6.25. The third kappa shape index (κ3) is 3.19. The Hall–Kier alpha value is -2.22. The van der Waals surface area contributed by atoms with E-state index in [1.807, 2.05) is 0 Å². The number of aryl methyl sites for hydroxylation is 1. The van der Waals surface area contributed by atoms with Crippen molar-refractivity contribution in [3.05, 3.63) is 17.3 Å². The standard InChI is InChI=1S/C16H20N4O3S/c1-3-11-9-12-13(17-10-18-14(12)24-11)19-5-7-20(8-6-19)15(21)16(22)23-4-2/h9-10H,3-8H2,1-2H3. The fourth-order valence-corrected chi connectivity index (χ4v) is 3.69. The fraction of sp³-hybridized carbons (Fsp3) is 0.500. The number of nitrogens with zero attached hydrogens (tertiary/aromatic N) is 4. The summed E-state index contributed by atoms with van der Waals surface area (Å²) in [6, 6.07) is 2.14. The van der Waals surface area contributed by atoms with Crippen molar-refractivity contribution in [2.45, 2.75) is 20.3 Å². The zero-order chi connectivity index (χ0) is 17.1. The molecule has 0 radical (unpaired) electrons. The van der Waals surface area contributed by atoms with Gasteiger partial charge in [0.1, 0.15) is 17.0 Å². The van der Waals surface area contributed by atoms with Gasteiger partial charge in [-0.3, -0.25) is 4.79 Å². The molecule has 3 rings (SSSR count). The Morgan fingerprint density at radius 3 is 2.62 bits per heavy atom. The lowest BCUT2D eigenvalue weighted by molar-refractivity contribution is -0.160. The van der Waals surface area contributed by atoms with Gasteiger partial charge in [0.2, 0.25) is 0 Å². The molecule has 0 N–H and O–H groups in total. The molecule has 0 atom stereocenters. The smallest absolute Gasteiger partial charge is 0.397 e. The number of hydrogen-bond acceptors (Lipinski definition) is 7. The number of thiophene rings is 1. The van der Waals surface area contributed by atoms with E-state index in [0.29, 0.717) is 26.2 Å². The van der Waals surface area contributed by atoms with Gasteiger partial charge >= 0.3 is 11.9 Å². The van der Waals surface area contributed by atoms with E-state index in [2.05, 4.69) is 27.9 Å². The van der Waals surface area contributed by atoms with Gasteiger partial charge in [0.25, 0.3) is 0 Å². The number of ether oxygens (including phenoxy) is 1. The summed E-state index contributed by atoms with van der Waals surface area (Å²) in [5.41, 5.74) is 0. The first-order valence-electron chi connectivity index (χ1n) is 8.08. The number of carbonyl (C=O) groups excluding carboxylic acids is 2. The van der Waals surface area contributed by atoms with Crippen LogP contribution in [0.3, 0.4) is 0 Å². The molecule has 1 fully saturated rings. The summed E-state index contributed by atoms with van der Waals surface area (Å²) in [7, 11) is 0. The van der Waals surface area contributed by atoms with Crippen molar-refractivity contribution in [2.24, 2.45) is 0 Å². The van der Waals surface area contributed by atoms with E-state index in [4.69, 9.17) is 4.74 Å². The van der Waals surface area contributed by atoms with Gasteiger partial charge in [-0.1, -0.05) is 6.92 Å². The third-order valence-corrected chi connectivity index (χ3v) is 5.21. The van der Waals surface area contributed by atoms with Crippen LogP contribution in [0, 0.1) is 0 Å². The van der Waals surface area contributed by atoms with Crippen molar-refractivity contribution in [2.75, 3.05) is 37.7 Å². The Labute approximate surface area is 144 Å². The molecule has 0 unspecified atom stereocenters. The summed E-state index contributed by atoms with van der Waals surface area (Å²) >= 11 is 1.69. The van der Waals surface area contributed by atoms with Gasteiger partial charge in [0.15, 0.2) is 0 Å². The predicted molar refractivity (Wildman–Crippen MR) is 92.2 cm³/mol. The Bertz CT molecular complexity index is 753. The summed E-state index contributed by atoms with van der Waals surface area (Å²) in [5.74, 6) is -0.437. The lowest BCUT2D eigenvalue weighted by Crippen LogP contribution is -2.51. The molecule has 0 aliphatic carbocycles. The molecule has 0 bridgehead atoms. The Kier molecular flexibility index (Phi) is 4.94. The maximum Gasteiger partial charge on any atom is 0.397 e. The third-order valence-electron chi connectivity index (χ3n) is 4.02. The van der Waals surface area contributed by atoms with E-state index in [9.17, 15) is 9.59 Å². The van der Waals surface area contributed by atoms with Crippen LogP contribution in [0.1, 0.15) is 18.7 Å². The van der Waals surface area contributed by atoms with Crippen LogP contribution in [0.5, 0.6) is 0 Å². The first-order chi connectivity index (χ1) is 11.6. The summed E-state index contributed by atoms with van der Waals surface area (Å²) in [6.07, 6.45) is 2.56. The topological polar surface area (TPSA) is 75.6 Å². The molecule has 0 saturated carbocycles. The molecular weight excluding hydrogens is 328 g/mol. The van der Waals surface area contributed by atoms with Gasteiger partial charge < -0.3 is 14.5 Å². The quantitative estimate of drug-likeness (QED) is 0.618. The van der Waals surface area contributed by atoms with E-state index in [1.165, 1.54) is 9.78 Å². The predicted octanol–water partition coefficient (Wildman–Crippen LogP) is 1.47. The number of aromatic nitrogens is 2. The summed E-state index contributed by atoms with van der Waals surface area (Å²) in [4.78, 5) is 38.3. The number of carbonyl (C=O) groups is 2. The van der Waals surface area contributed by atoms with Gasteiger partial charge in [-0.05, 0) is 19.4 Å². The minimum Gasteiger partial charge on any atom is -0.459 e. The second-order valence-electron chi connectivity index (χ2n) is 5.48. The van der Waals surface area contributed by atoms with Crippen molar-refractivity contribution < 1.29 is 14.3 Å². The molecule has 128 valence electrons. The summed E-state index contributed by atoms with van der Waals surface area (Å²) < 4.78 is 4.78. The zero-order valence-corrected chi connectivity index (χ0v) is 14.6. The number of esters is 1. The van der Waals surface area contributed by atoms with Crippen LogP contribution in [0.4, 0.5) is 5.82 Å². The Morgan fingerprint density at radius 2 is 1.96 bits per heavy atom. The van der Waals surface area contributed by atoms with Crippen LogP contribution < -0.4 is 4.90 Å². The molecule has 0 aromatic carbocycles. The van der Waals surface area contributed by atoms with Gasteiger partial charge in [-0.15, -0.1) is 11.3 Å².